The van der Waals surface area contributed by atoms with Gasteiger partial charge in [0.15, 0.2) is 5.82 Å². The maximum atomic E-state index is 12.5. The van der Waals surface area contributed by atoms with Crippen LogP contribution < -0.4 is 5.32 Å². The molecule has 5 rings (SSSR count). The summed E-state index contributed by atoms with van der Waals surface area (Å²) < 4.78 is 11.7. The highest BCUT2D eigenvalue weighted by atomic mass is 16.5. The third-order valence-corrected chi connectivity index (χ3v) is 7.12. The van der Waals surface area contributed by atoms with Crippen molar-refractivity contribution in [3.63, 3.8) is 0 Å². The molecule has 2 aliphatic carbocycles. The van der Waals surface area contributed by atoms with E-state index in [1.165, 1.54) is 25.7 Å². The van der Waals surface area contributed by atoms with Crippen molar-refractivity contribution in [1.82, 2.24) is 20.4 Å². The summed E-state index contributed by atoms with van der Waals surface area (Å²) in [5.74, 6) is 2.75. The van der Waals surface area contributed by atoms with Crippen LogP contribution in [0.5, 0.6) is 0 Å². The molecule has 1 aromatic heterocycles. The Morgan fingerprint density at radius 1 is 1.14 bits per heavy atom. The minimum atomic E-state index is -0.0733. The molecule has 2 saturated carbocycles. The van der Waals surface area contributed by atoms with Gasteiger partial charge in [-0.25, -0.2) is 4.79 Å². The third-order valence-electron chi connectivity index (χ3n) is 7.12. The second-order valence-corrected chi connectivity index (χ2v) is 9.34. The number of ether oxygens (including phenoxy) is 1. The van der Waals surface area contributed by atoms with E-state index in [1.54, 1.807) is 0 Å². The second kappa shape index (κ2) is 7.65. The lowest BCUT2D eigenvalue weighted by Gasteiger charge is -2.46. The highest BCUT2D eigenvalue weighted by Gasteiger charge is 2.41. The van der Waals surface area contributed by atoms with Gasteiger partial charge < -0.3 is 19.5 Å². The zero-order chi connectivity index (χ0) is 19.0. The average molecular weight is 389 g/mol. The summed E-state index contributed by atoms with van der Waals surface area (Å²) in [6.07, 6.45) is 12.0. The molecule has 1 N–H and O–H groups in total. The van der Waals surface area contributed by atoms with Gasteiger partial charge in [-0.05, 0) is 57.3 Å². The van der Waals surface area contributed by atoms with E-state index in [0.717, 1.165) is 76.4 Å². The zero-order valence-corrected chi connectivity index (χ0v) is 16.7. The van der Waals surface area contributed by atoms with E-state index in [-0.39, 0.29) is 11.6 Å². The normalized spacial score (nSPS) is 28.0. The molecular formula is C21H32N4O3. The summed E-state index contributed by atoms with van der Waals surface area (Å²) in [4.78, 5) is 19.1. The first kappa shape index (κ1) is 18.4. The fourth-order valence-electron chi connectivity index (χ4n) is 5.21. The van der Waals surface area contributed by atoms with Gasteiger partial charge in [-0.2, -0.15) is 4.98 Å². The van der Waals surface area contributed by atoms with Gasteiger partial charge in [-0.15, -0.1) is 0 Å². The lowest BCUT2D eigenvalue weighted by Crippen LogP contribution is -2.54. The van der Waals surface area contributed by atoms with Crippen LogP contribution in [0.2, 0.25) is 0 Å². The van der Waals surface area contributed by atoms with Gasteiger partial charge in [-0.3, -0.25) is 0 Å². The van der Waals surface area contributed by atoms with Crippen LogP contribution in [-0.2, 0) is 11.2 Å². The molecule has 2 amide bonds. The topological polar surface area (TPSA) is 80.5 Å². The van der Waals surface area contributed by atoms with E-state index in [2.05, 4.69) is 15.5 Å². The lowest BCUT2D eigenvalue weighted by atomic mass is 9.78. The molecule has 1 aromatic rings. The Kier molecular flexibility index (Phi) is 5.03. The molecule has 7 nitrogen and oxygen atoms in total. The maximum absolute atomic E-state index is 12.5. The van der Waals surface area contributed by atoms with Crippen LogP contribution in [0.4, 0.5) is 4.79 Å². The molecule has 1 atom stereocenters. The molecule has 3 heterocycles. The number of hydrogen-bond acceptors (Lipinski definition) is 5. The third kappa shape index (κ3) is 4.04. The Morgan fingerprint density at radius 3 is 2.68 bits per heavy atom. The fraction of sp³-hybridized carbons (Fsp3) is 0.857. The van der Waals surface area contributed by atoms with Gasteiger partial charge in [0, 0.05) is 38.1 Å². The number of piperidine rings is 1. The Balaban J connectivity index is 1.13. The number of aromatic nitrogens is 2. The van der Waals surface area contributed by atoms with Gasteiger partial charge in [0.2, 0.25) is 5.89 Å². The largest absolute Gasteiger partial charge is 0.375 e. The number of carbonyl (C=O) groups is 1. The number of carbonyl (C=O) groups excluding carboxylic acids is 1. The van der Waals surface area contributed by atoms with Crippen LogP contribution in [0.25, 0.3) is 0 Å². The monoisotopic (exact) mass is 388 g/mol. The van der Waals surface area contributed by atoms with Crippen molar-refractivity contribution in [2.24, 2.45) is 5.92 Å². The number of urea groups is 1. The molecule has 2 saturated heterocycles. The van der Waals surface area contributed by atoms with Crippen molar-refractivity contribution >= 4 is 6.03 Å². The summed E-state index contributed by atoms with van der Waals surface area (Å²) in [5, 5.41) is 7.42. The number of hydrogen-bond donors (Lipinski definition) is 1. The number of likely N-dealkylation sites (tertiary alicyclic amines) is 1. The summed E-state index contributed by atoms with van der Waals surface area (Å²) in [6, 6.07) is 0.502. The summed E-state index contributed by atoms with van der Waals surface area (Å²) in [6.45, 7) is 2.38. The van der Waals surface area contributed by atoms with Gasteiger partial charge in [0.1, 0.15) is 0 Å². The van der Waals surface area contributed by atoms with Gasteiger partial charge in [0.05, 0.1) is 5.60 Å². The standard InChI is InChI=1S/C21H32N4O3/c26-20(22-17-3-1-2-4-17)25-10-8-21(9-11-25)14-15(7-12-27-21)13-18-23-19(28-24-18)16-5-6-16/h15-17H,1-14H2,(H,22,26). The molecule has 154 valence electrons. The molecular weight excluding hydrogens is 356 g/mol. The SMILES string of the molecule is O=C(NC1CCCC1)N1CCC2(CC1)CC(Cc1noc(C3CC3)n1)CCO2. The van der Waals surface area contributed by atoms with Crippen LogP contribution in [-0.4, -0.2) is 52.4 Å². The van der Waals surface area contributed by atoms with E-state index >= 15 is 0 Å². The van der Waals surface area contributed by atoms with E-state index < -0.39 is 0 Å². The number of nitrogens with zero attached hydrogens (tertiary/aromatic N) is 3. The minimum Gasteiger partial charge on any atom is -0.375 e. The van der Waals surface area contributed by atoms with Crippen LogP contribution in [0.3, 0.4) is 0 Å². The minimum absolute atomic E-state index is 0.0733. The molecule has 28 heavy (non-hydrogen) atoms. The van der Waals surface area contributed by atoms with Crippen molar-refractivity contribution in [2.75, 3.05) is 19.7 Å². The van der Waals surface area contributed by atoms with Crippen LogP contribution in [0.15, 0.2) is 4.52 Å². The number of nitrogens with one attached hydrogen (secondary N) is 1. The smallest absolute Gasteiger partial charge is 0.317 e. The summed E-state index contributed by atoms with van der Waals surface area (Å²) in [5.41, 5.74) is -0.0733. The maximum Gasteiger partial charge on any atom is 0.317 e. The van der Waals surface area contributed by atoms with Crippen molar-refractivity contribution in [1.29, 1.82) is 0 Å². The van der Waals surface area contributed by atoms with Gasteiger partial charge in [0.25, 0.3) is 0 Å². The van der Waals surface area contributed by atoms with Crippen LogP contribution >= 0.6 is 0 Å². The van der Waals surface area contributed by atoms with Crippen molar-refractivity contribution in [3.05, 3.63) is 11.7 Å². The van der Waals surface area contributed by atoms with Crippen LogP contribution in [0, 0.1) is 5.92 Å². The lowest BCUT2D eigenvalue weighted by molar-refractivity contribution is -0.123. The summed E-state index contributed by atoms with van der Waals surface area (Å²) >= 11 is 0. The Labute approximate surface area is 166 Å². The molecule has 1 spiro atoms. The van der Waals surface area contributed by atoms with E-state index in [9.17, 15) is 4.79 Å². The zero-order valence-electron chi connectivity index (χ0n) is 16.7. The molecule has 0 radical (unpaired) electrons. The molecule has 0 aromatic carbocycles. The van der Waals surface area contributed by atoms with E-state index in [4.69, 9.17) is 9.26 Å². The molecule has 4 aliphatic rings. The van der Waals surface area contributed by atoms with E-state index in [0.29, 0.717) is 17.9 Å². The highest BCUT2D eigenvalue weighted by molar-refractivity contribution is 5.74. The van der Waals surface area contributed by atoms with Crippen molar-refractivity contribution in [2.45, 2.75) is 88.2 Å². The Hall–Kier alpha value is -1.63. The molecule has 1 unspecified atom stereocenters. The van der Waals surface area contributed by atoms with Crippen molar-refractivity contribution in [3.8, 4) is 0 Å². The Morgan fingerprint density at radius 2 is 1.93 bits per heavy atom. The Bertz CT molecular complexity index is 688. The quantitative estimate of drug-likeness (QED) is 0.855. The fourth-order valence-corrected chi connectivity index (χ4v) is 5.21. The van der Waals surface area contributed by atoms with E-state index in [1.807, 2.05) is 4.90 Å². The number of amides is 2. The first-order valence-electron chi connectivity index (χ1n) is 11.2. The predicted octanol–water partition coefficient (Wildman–Crippen LogP) is 3.40. The highest BCUT2D eigenvalue weighted by Crippen LogP contribution is 2.40. The molecule has 7 heteroatoms. The van der Waals surface area contributed by atoms with Crippen LogP contribution in [0.1, 0.15) is 81.8 Å². The average Bonchev–Trinajstić information content (AvgIpc) is 3.22. The predicted molar refractivity (Wildman–Crippen MR) is 103 cm³/mol. The first-order chi connectivity index (χ1) is 13.7. The summed E-state index contributed by atoms with van der Waals surface area (Å²) in [7, 11) is 0. The van der Waals surface area contributed by atoms with Gasteiger partial charge in [-0.1, -0.05) is 18.0 Å². The van der Waals surface area contributed by atoms with Crippen molar-refractivity contribution < 1.29 is 14.1 Å². The first-order valence-corrected chi connectivity index (χ1v) is 11.2. The molecule has 2 aliphatic heterocycles. The molecule has 0 bridgehead atoms. The molecule has 4 fully saturated rings. The second-order valence-electron chi connectivity index (χ2n) is 9.34. The number of rotatable bonds is 4. The van der Waals surface area contributed by atoms with Gasteiger partial charge >= 0.3 is 6.03 Å².